The number of fused-ring (bicyclic) bond motifs is 2. The van der Waals surface area contributed by atoms with E-state index >= 15 is 0 Å². The van der Waals surface area contributed by atoms with Gasteiger partial charge in [0.2, 0.25) is 0 Å². The Labute approximate surface area is 182 Å². The normalized spacial score (nSPS) is 12.2. The number of hydrogen-bond donors (Lipinski definition) is 2. The number of H-pyrrole nitrogens is 2. The van der Waals surface area contributed by atoms with Crippen molar-refractivity contribution in [3.8, 4) is 22.8 Å². The number of aliphatic imine (C=N–C) groups is 2. The number of nitrogens with one attached hydrogen (secondary N) is 2. The lowest BCUT2D eigenvalue weighted by Gasteiger charge is -2.01. The lowest BCUT2D eigenvalue weighted by Crippen LogP contribution is -1.86. The maximum Gasteiger partial charge on any atom is 0.159 e. The minimum atomic E-state index is -0.293. The topological polar surface area (TPSA) is 95.0 Å². The Hall–Kier alpha value is -4.46. The second-order valence-corrected chi connectivity index (χ2v) is 7.24. The molecule has 0 fully saturated rings. The second-order valence-electron chi connectivity index (χ2n) is 7.24. The molecule has 5 aromatic rings. The fraction of sp³-hybridized carbons (Fsp3) is 0.0417. The monoisotopic (exact) mass is 423 g/mol. The highest BCUT2D eigenvalue weighted by Crippen LogP contribution is 2.31. The molecule has 3 heterocycles. The van der Waals surface area contributed by atoms with Gasteiger partial charge in [-0.2, -0.15) is 5.10 Å². The highest BCUT2D eigenvalue weighted by atomic mass is 19.1. The number of pyridine rings is 1. The quantitative estimate of drug-likeness (QED) is 0.293. The molecule has 0 aliphatic rings. The van der Waals surface area contributed by atoms with Gasteiger partial charge in [0.1, 0.15) is 23.4 Å². The molecule has 156 valence electrons. The summed E-state index contributed by atoms with van der Waals surface area (Å²) < 4.78 is 13.4. The number of nitrogens with zero attached hydrogens (tertiary/aromatic N) is 5. The molecule has 7 nitrogen and oxygen atoms in total. The minimum Gasteiger partial charge on any atom is -0.336 e. The molecular formula is C24H18FN7. The lowest BCUT2D eigenvalue weighted by atomic mass is 10.1. The molecule has 0 radical (unpaired) electrons. The van der Waals surface area contributed by atoms with Crippen molar-refractivity contribution in [2.24, 2.45) is 9.98 Å². The van der Waals surface area contributed by atoms with Crippen LogP contribution in [-0.4, -0.2) is 38.2 Å². The summed E-state index contributed by atoms with van der Waals surface area (Å²) in [4.78, 5) is 20.3. The second kappa shape index (κ2) is 7.99. The molecule has 0 unspecified atom stereocenters. The predicted octanol–water partition coefficient (Wildman–Crippen LogP) is 5.40. The predicted molar refractivity (Wildman–Crippen MR) is 126 cm³/mol. The van der Waals surface area contributed by atoms with Gasteiger partial charge in [-0.05, 0) is 67.2 Å². The number of imidazole rings is 1. The van der Waals surface area contributed by atoms with E-state index in [0.29, 0.717) is 22.7 Å². The van der Waals surface area contributed by atoms with Crippen LogP contribution >= 0.6 is 0 Å². The van der Waals surface area contributed by atoms with Crippen LogP contribution in [0.15, 0.2) is 70.9 Å². The summed E-state index contributed by atoms with van der Waals surface area (Å²) in [5.41, 5.74) is 6.57. The lowest BCUT2D eigenvalue weighted by molar-refractivity contribution is 0.628. The van der Waals surface area contributed by atoms with E-state index in [4.69, 9.17) is 4.98 Å². The van der Waals surface area contributed by atoms with Crippen molar-refractivity contribution in [3.63, 3.8) is 0 Å². The number of halogens is 1. The number of allylic oxidation sites excluding steroid dienone is 1. The summed E-state index contributed by atoms with van der Waals surface area (Å²) >= 11 is 0. The van der Waals surface area contributed by atoms with Gasteiger partial charge in [-0.1, -0.05) is 6.07 Å². The Morgan fingerprint density at radius 2 is 1.91 bits per heavy atom. The molecule has 0 amide bonds. The molecule has 0 aliphatic carbocycles. The smallest absolute Gasteiger partial charge is 0.159 e. The van der Waals surface area contributed by atoms with Crippen molar-refractivity contribution in [2.75, 3.05) is 0 Å². The Morgan fingerprint density at radius 1 is 1.06 bits per heavy atom. The van der Waals surface area contributed by atoms with Crippen molar-refractivity contribution < 1.29 is 4.39 Å². The van der Waals surface area contributed by atoms with E-state index in [1.54, 1.807) is 24.5 Å². The number of aromatic nitrogens is 5. The van der Waals surface area contributed by atoms with Crippen LogP contribution in [0, 0.1) is 5.82 Å². The summed E-state index contributed by atoms with van der Waals surface area (Å²) in [5.74, 6) is 0.327. The van der Waals surface area contributed by atoms with Gasteiger partial charge in [-0.25, -0.2) is 14.4 Å². The molecule has 5 rings (SSSR count). The van der Waals surface area contributed by atoms with Crippen molar-refractivity contribution in [1.29, 1.82) is 0 Å². The SMILES string of the molecule is C=N/C=N\C=C(/C)c1ccc2[nH]nc(-c3nc4c(-c5ccc(F)cc5)nccc4[nH]3)c2c1. The van der Waals surface area contributed by atoms with Crippen LogP contribution in [0.1, 0.15) is 12.5 Å². The number of aromatic amines is 2. The molecule has 2 N–H and O–H groups in total. The third-order valence-corrected chi connectivity index (χ3v) is 5.18. The van der Waals surface area contributed by atoms with Gasteiger partial charge in [-0.15, -0.1) is 0 Å². The average Bonchev–Trinajstić information content (AvgIpc) is 3.43. The van der Waals surface area contributed by atoms with Crippen LogP contribution in [0.2, 0.25) is 0 Å². The molecule has 8 heteroatoms. The first-order valence-electron chi connectivity index (χ1n) is 9.88. The third kappa shape index (κ3) is 3.47. The third-order valence-electron chi connectivity index (χ3n) is 5.18. The van der Waals surface area contributed by atoms with Gasteiger partial charge in [-0.3, -0.25) is 15.1 Å². The Bertz CT molecular complexity index is 1510. The molecule has 0 saturated heterocycles. The van der Waals surface area contributed by atoms with E-state index in [1.165, 1.54) is 18.5 Å². The van der Waals surface area contributed by atoms with Crippen LogP contribution in [0.5, 0.6) is 0 Å². The molecule has 0 spiro atoms. The Morgan fingerprint density at radius 3 is 2.72 bits per heavy atom. The van der Waals surface area contributed by atoms with Gasteiger partial charge in [0, 0.05) is 23.3 Å². The highest BCUT2D eigenvalue weighted by molar-refractivity contribution is 5.97. The molecule has 32 heavy (non-hydrogen) atoms. The molecule has 3 aromatic heterocycles. The van der Waals surface area contributed by atoms with E-state index in [-0.39, 0.29) is 5.82 Å². The van der Waals surface area contributed by atoms with Gasteiger partial charge < -0.3 is 4.98 Å². The fourth-order valence-corrected chi connectivity index (χ4v) is 3.57. The summed E-state index contributed by atoms with van der Waals surface area (Å²) in [6, 6.07) is 14.1. The van der Waals surface area contributed by atoms with E-state index < -0.39 is 0 Å². The molecular weight excluding hydrogens is 405 g/mol. The highest BCUT2D eigenvalue weighted by Gasteiger charge is 2.16. The maximum atomic E-state index is 13.4. The van der Waals surface area contributed by atoms with Crippen LogP contribution in [0.4, 0.5) is 4.39 Å². The molecule has 0 bridgehead atoms. The van der Waals surface area contributed by atoms with Crippen molar-refractivity contribution in [2.45, 2.75) is 6.92 Å². The largest absolute Gasteiger partial charge is 0.336 e. The first-order valence-corrected chi connectivity index (χ1v) is 9.88. The summed E-state index contributed by atoms with van der Waals surface area (Å²) in [6.45, 7) is 5.36. The minimum absolute atomic E-state index is 0.293. The van der Waals surface area contributed by atoms with Gasteiger partial charge in [0.25, 0.3) is 0 Å². The van der Waals surface area contributed by atoms with Gasteiger partial charge in [0.05, 0.1) is 16.7 Å². The van der Waals surface area contributed by atoms with Crippen LogP contribution < -0.4 is 0 Å². The van der Waals surface area contributed by atoms with Crippen LogP contribution in [-0.2, 0) is 0 Å². The van der Waals surface area contributed by atoms with Crippen LogP contribution in [0.25, 0.3) is 50.3 Å². The zero-order chi connectivity index (χ0) is 22.1. The van der Waals surface area contributed by atoms with Gasteiger partial charge >= 0.3 is 0 Å². The van der Waals surface area contributed by atoms with Gasteiger partial charge in [0.15, 0.2) is 5.82 Å². The Kier molecular flexibility index (Phi) is 4.87. The number of hydrogen-bond acceptors (Lipinski definition) is 4. The van der Waals surface area contributed by atoms with E-state index in [1.807, 2.05) is 31.2 Å². The van der Waals surface area contributed by atoms with E-state index in [9.17, 15) is 4.39 Å². The molecule has 0 saturated carbocycles. The van der Waals surface area contributed by atoms with E-state index in [0.717, 1.165) is 33.1 Å². The maximum absolute atomic E-state index is 13.4. The number of rotatable bonds is 5. The zero-order valence-electron chi connectivity index (χ0n) is 17.2. The molecule has 0 aliphatic heterocycles. The first kappa shape index (κ1) is 19.5. The first-order chi connectivity index (χ1) is 15.6. The molecule has 2 aromatic carbocycles. The zero-order valence-corrected chi connectivity index (χ0v) is 17.2. The summed E-state index contributed by atoms with van der Waals surface area (Å²) in [6.07, 6.45) is 4.83. The van der Waals surface area contributed by atoms with Crippen molar-refractivity contribution >= 4 is 40.6 Å². The average molecular weight is 423 g/mol. The van der Waals surface area contributed by atoms with Crippen molar-refractivity contribution in [3.05, 3.63) is 72.3 Å². The molecule has 0 atom stereocenters. The number of benzene rings is 2. The van der Waals surface area contributed by atoms with Crippen molar-refractivity contribution in [1.82, 2.24) is 25.1 Å². The standard InChI is InChI=1S/C24H18FN7/c1-14(12-27-13-26-2)16-5-8-19-18(11-16)22(32-31-19)24-29-20-9-10-28-21(23(20)30-24)15-3-6-17(25)7-4-15/h3-13H,2H2,1H3,(H,29,30)(H,31,32)/b14-12+,27-13-. The summed E-state index contributed by atoms with van der Waals surface area (Å²) in [5, 5.41) is 8.48. The van der Waals surface area contributed by atoms with Crippen LogP contribution in [0.3, 0.4) is 0 Å². The van der Waals surface area contributed by atoms with E-state index in [2.05, 4.69) is 36.9 Å². The fourth-order valence-electron chi connectivity index (χ4n) is 3.57. The summed E-state index contributed by atoms with van der Waals surface area (Å²) in [7, 11) is 0. The Balaban J connectivity index is 1.61.